The number of allylic oxidation sites excluding steroid dienone is 2. The van der Waals surface area contributed by atoms with Gasteiger partial charge in [-0.3, -0.25) is 4.79 Å². The fraction of sp³-hybridized carbons (Fsp3) is 0.550. The molecule has 1 saturated carbocycles. The Bertz CT molecular complexity index is 684. The van der Waals surface area contributed by atoms with Gasteiger partial charge in [0.05, 0.1) is 12.5 Å². The van der Waals surface area contributed by atoms with Crippen LogP contribution in [0.3, 0.4) is 0 Å². The van der Waals surface area contributed by atoms with E-state index < -0.39 is 5.41 Å². The van der Waals surface area contributed by atoms with Gasteiger partial charge in [0.2, 0.25) is 0 Å². The molecular formula is C20H26O2. The molecule has 1 unspecified atom stereocenters. The monoisotopic (exact) mass is 298 g/mol. The van der Waals surface area contributed by atoms with Crippen molar-refractivity contribution in [3.05, 3.63) is 41.0 Å². The molecule has 118 valence electrons. The third-order valence-electron chi connectivity index (χ3n) is 7.49. The fourth-order valence-corrected chi connectivity index (χ4v) is 5.32. The molecule has 4 atom stereocenters. The molecule has 22 heavy (non-hydrogen) atoms. The van der Waals surface area contributed by atoms with Crippen molar-refractivity contribution in [3.63, 3.8) is 0 Å². The number of fused-ring (bicyclic) bond motifs is 1. The summed E-state index contributed by atoms with van der Waals surface area (Å²) in [5.74, 6) is 1.52. The largest absolute Gasteiger partial charge is 0.497 e. The molecule has 2 aliphatic carbocycles. The Morgan fingerprint density at radius 2 is 1.59 bits per heavy atom. The second-order valence-electron chi connectivity index (χ2n) is 7.54. The van der Waals surface area contributed by atoms with E-state index >= 15 is 0 Å². The van der Waals surface area contributed by atoms with Crippen molar-refractivity contribution in [2.24, 2.45) is 16.7 Å². The van der Waals surface area contributed by atoms with E-state index in [1.807, 2.05) is 24.3 Å². The van der Waals surface area contributed by atoms with Gasteiger partial charge in [0.1, 0.15) is 5.75 Å². The molecule has 1 aromatic rings. The zero-order valence-corrected chi connectivity index (χ0v) is 14.7. The number of ether oxygens (including phenoxy) is 1. The van der Waals surface area contributed by atoms with Gasteiger partial charge in [0, 0.05) is 10.8 Å². The molecule has 0 spiro atoms. The second-order valence-corrected chi connectivity index (χ2v) is 7.54. The summed E-state index contributed by atoms with van der Waals surface area (Å²) in [7, 11) is 1.67. The van der Waals surface area contributed by atoms with Crippen molar-refractivity contribution in [1.29, 1.82) is 0 Å². The van der Waals surface area contributed by atoms with Gasteiger partial charge in [-0.2, -0.15) is 0 Å². The number of hydrogen-bond donors (Lipinski definition) is 0. The van der Waals surface area contributed by atoms with E-state index in [0.29, 0.717) is 11.7 Å². The average Bonchev–Trinajstić information content (AvgIpc) is 2.67. The van der Waals surface area contributed by atoms with Crippen LogP contribution in [0.1, 0.15) is 47.1 Å². The minimum Gasteiger partial charge on any atom is -0.497 e. The van der Waals surface area contributed by atoms with Gasteiger partial charge in [-0.05, 0) is 44.4 Å². The highest BCUT2D eigenvalue weighted by atomic mass is 16.5. The van der Waals surface area contributed by atoms with E-state index in [0.717, 1.165) is 11.3 Å². The fourth-order valence-electron chi connectivity index (χ4n) is 5.32. The van der Waals surface area contributed by atoms with Gasteiger partial charge in [-0.15, -0.1) is 0 Å². The maximum Gasteiger partial charge on any atom is 0.151 e. The highest BCUT2D eigenvalue weighted by Gasteiger charge is 2.78. The average molecular weight is 298 g/mol. The molecule has 0 heterocycles. The maximum absolute atomic E-state index is 13.3. The van der Waals surface area contributed by atoms with Crippen LogP contribution in [0, 0.1) is 16.7 Å². The Labute approximate surface area is 133 Å². The van der Waals surface area contributed by atoms with Crippen LogP contribution in [0.5, 0.6) is 5.75 Å². The van der Waals surface area contributed by atoms with E-state index in [2.05, 4.69) is 41.5 Å². The van der Waals surface area contributed by atoms with E-state index in [-0.39, 0.29) is 10.8 Å². The molecule has 2 nitrogen and oxygen atoms in total. The Morgan fingerprint density at radius 1 is 1.05 bits per heavy atom. The van der Waals surface area contributed by atoms with Crippen LogP contribution < -0.4 is 4.74 Å². The summed E-state index contributed by atoms with van der Waals surface area (Å²) in [6.45, 7) is 13.2. The minimum atomic E-state index is -0.454. The van der Waals surface area contributed by atoms with E-state index in [1.165, 1.54) is 11.1 Å². The van der Waals surface area contributed by atoms with Crippen molar-refractivity contribution in [1.82, 2.24) is 0 Å². The Hall–Kier alpha value is -1.57. The van der Waals surface area contributed by atoms with Crippen molar-refractivity contribution in [2.75, 3.05) is 7.11 Å². The number of hydrogen-bond acceptors (Lipinski definition) is 2. The van der Waals surface area contributed by atoms with E-state index in [1.54, 1.807) is 7.11 Å². The quantitative estimate of drug-likeness (QED) is 0.750. The minimum absolute atomic E-state index is 0.116. The number of ketones is 1. The number of Topliss-reactive ketones (excluding diaryl/α,β-unsaturated/α-hetero) is 1. The van der Waals surface area contributed by atoms with Crippen molar-refractivity contribution < 1.29 is 9.53 Å². The predicted octanol–water partition coefficient (Wildman–Crippen LogP) is 4.53. The maximum atomic E-state index is 13.3. The molecule has 1 aromatic carbocycles. The molecule has 3 rings (SSSR count). The summed E-state index contributed by atoms with van der Waals surface area (Å²) in [6.07, 6.45) is 0. The van der Waals surface area contributed by atoms with Crippen LogP contribution in [-0.2, 0) is 10.2 Å². The molecule has 0 N–H and O–H groups in total. The highest BCUT2D eigenvalue weighted by molar-refractivity contribution is 6.06. The van der Waals surface area contributed by atoms with Gasteiger partial charge in [0.15, 0.2) is 5.78 Å². The first-order valence-corrected chi connectivity index (χ1v) is 8.04. The lowest BCUT2D eigenvalue weighted by Gasteiger charge is -2.66. The number of carbonyl (C=O) groups excluding carboxylic acids is 1. The topological polar surface area (TPSA) is 26.3 Å². The molecule has 0 aliphatic heterocycles. The third-order valence-corrected chi connectivity index (χ3v) is 7.49. The first-order valence-electron chi connectivity index (χ1n) is 8.04. The Balaban J connectivity index is 2.18. The van der Waals surface area contributed by atoms with Gasteiger partial charge < -0.3 is 4.74 Å². The molecule has 1 fully saturated rings. The molecule has 0 radical (unpaired) electrons. The van der Waals surface area contributed by atoms with Crippen LogP contribution in [0.4, 0.5) is 0 Å². The van der Waals surface area contributed by atoms with Crippen molar-refractivity contribution >= 4 is 5.78 Å². The Morgan fingerprint density at radius 3 is 2.09 bits per heavy atom. The van der Waals surface area contributed by atoms with E-state index in [9.17, 15) is 4.79 Å². The highest BCUT2D eigenvalue weighted by Crippen LogP contribution is 2.76. The van der Waals surface area contributed by atoms with Crippen molar-refractivity contribution in [3.8, 4) is 5.75 Å². The molecule has 2 heteroatoms. The summed E-state index contributed by atoms with van der Waals surface area (Å²) < 4.78 is 5.25. The first kappa shape index (κ1) is 15.3. The summed E-state index contributed by atoms with van der Waals surface area (Å²) in [6, 6.07) is 8.01. The number of carbonyl (C=O) groups is 1. The van der Waals surface area contributed by atoms with Gasteiger partial charge in [-0.1, -0.05) is 44.1 Å². The van der Waals surface area contributed by atoms with Crippen LogP contribution in [0.25, 0.3) is 0 Å². The second kappa shape index (κ2) is 4.24. The number of rotatable bonds is 2. The third kappa shape index (κ3) is 1.27. The van der Waals surface area contributed by atoms with Gasteiger partial charge in [-0.25, -0.2) is 0 Å². The van der Waals surface area contributed by atoms with Gasteiger partial charge in [0.25, 0.3) is 0 Å². The number of methoxy groups -OCH3 is 1. The zero-order valence-electron chi connectivity index (χ0n) is 14.7. The SMILES string of the molecule is COc1ccc([C@@]2(C)C(=O)[C@@]3(C)C(C)C(C)=C(C)[C@]32C)cc1. The van der Waals surface area contributed by atoms with Crippen LogP contribution in [-0.4, -0.2) is 12.9 Å². The van der Waals surface area contributed by atoms with Crippen molar-refractivity contribution in [2.45, 2.75) is 47.0 Å². The first-order chi connectivity index (χ1) is 10.2. The van der Waals surface area contributed by atoms with Crippen LogP contribution >= 0.6 is 0 Å². The summed E-state index contributed by atoms with van der Waals surface area (Å²) in [5, 5.41) is 0. The molecular weight excluding hydrogens is 272 g/mol. The molecule has 0 amide bonds. The van der Waals surface area contributed by atoms with E-state index in [4.69, 9.17) is 4.74 Å². The Kier molecular flexibility index (Phi) is 2.96. The van der Waals surface area contributed by atoms with Gasteiger partial charge >= 0.3 is 0 Å². The predicted molar refractivity (Wildman–Crippen MR) is 89.1 cm³/mol. The smallest absolute Gasteiger partial charge is 0.151 e. The summed E-state index contributed by atoms with van der Waals surface area (Å²) in [4.78, 5) is 13.3. The van der Waals surface area contributed by atoms with Crippen LogP contribution in [0.2, 0.25) is 0 Å². The number of benzene rings is 1. The molecule has 0 aromatic heterocycles. The lowest BCUT2D eigenvalue weighted by atomic mass is 9.34. The summed E-state index contributed by atoms with van der Waals surface area (Å²) >= 11 is 0. The molecule has 0 saturated heterocycles. The lowest BCUT2D eigenvalue weighted by Crippen LogP contribution is -2.72. The zero-order chi connectivity index (χ0) is 16.5. The molecule has 2 aliphatic rings. The van der Waals surface area contributed by atoms with Crippen LogP contribution in [0.15, 0.2) is 35.4 Å². The normalized spacial score (nSPS) is 40.5. The summed E-state index contributed by atoms with van der Waals surface area (Å²) in [5.41, 5.74) is 3.02. The lowest BCUT2D eigenvalue weighted by molar-refractivity contribution is -0.173. The molecule has 0 bridgehead atoms. The standard InChI is InChI=1S/C20H26O2/c1-12-13(2)18(4)17(21)19(5,20(18,6)14(12)3)15-8-10-16(22-7)11-9-15/h8-11,13H,1-7H3/t13?,18-,19+,20-/m1/s1.